The molecule has 0 spiro atoms. The molecule has 3 aromatic carbocycles. The minimum Gasteiger partial charge on any atom is -0.484 e. The van der Waals surface area contributed by atoms with Crippen molar-refractivity contribution in [2.75, 3.05) is 52.4 Å². The summed E-state index contributed by atoms with van der Waals surface area (Å²) >= 11 is 0. The van der Waals surface area contributed by atoms with E-state index in [-0.39, 0.29) is 35.4 Å². The van der Waals surface area contributed by atoms with Gasteiger partial charge in [0.25, 0.3) is 11.8 Å². The average molecular weight is 579 g/mol. The topological polar surface area (TPSA) is 92.3 Å². The first kappa shape index (κ1) is 28.1. The van der Waals surface area contributed by atoms with Crippen molar-refractivity contribution in [2.45, 2.75) is 25.0 Å². The summed E-state index contributed by atoms with van der Waals surface area (Å²) in [5.41, 5.74) is 2.24. The quantitative estimate of drug-likeness (QED) is 0.446. The average Bonchev–Trinajstić information content (AvgIpc) is 3.72. The number of ether oxygens (including phenoxy) is 2. The van der Waals surface area contributed by atoms with E-state index in [1.165, 1.54) is 24.3 Å². The molecule has 0 saturated carbocycles. The van der Waals surface area contributed by atoms with Crippen molar-refractivity contribution in [2.24, 2.45) is 0 Å². The first-order valence-corrected chi connectivity index (χ1v) is 14.7. The van der Waals surface area contributed by atoms with Crippen LogP contribution in [0.1, 0.15) is 33.6 Å². The molecule has 3 fully saturated rings. The van der Waals surface area contributed by atoms with Gasteiger partial charge in [0.2, 0.25) is 0 Å². The van der Waals surface area contributed by atoms with Crippen molar-refractivity contribution in [3.05, 3.63) is 83.4 Å². The van der Waals surface area contributed by atoms with Gasteiger partial charge < -0.3 is 29.9 Å². The van der Waals surface area contributed by atoms with Gasteiger partial charge in [-0.1, -0.05) is 12.1 Å². The molecule has 2 amide bonds. The number of nitrogens with two attached hydrogens (primary N) is 2. The fourth-order valence-electron chi connectivity index (χ4n) is 5.89. The van der Waals surface area contributed by atoms with Gasteiger partial charge in [-0.3, -0.25) is 9.59 Å². The van der Waals surface area contributed by atoms with E-state index in [9.17, 15) is 18.4 Å². The lowest BCUT2D eigenvalue weighted by molar-refractivity contribution is -0.638. The van der Waals surface area contributed by atoms with Crippen molar-refractivity contribution in [1.82, 2.24) is 9.80 Å². The van der Waals surface area contributed by atoms with Crippen LogP contribution in [-0.4, -0.2) is 86.2 Å². The first-order chi connectivity index (χ1) is 20.4. The Kier molecular flexibility index (Phi) is 8.34. The second-order valence-corrected chi connectivity index (χ2v) is 11.2. The lowest BCUT2D eigenvalue weighted by Gasteiger charge is -2.35. The van der Waals surface area contributed by atoms with E-state index in [4.69, 9.17) is 9.47 Å². The Balaban J connectivity index is 1.13. The van der Waals surface area contributed by atoms with Crippen LogP contribution in [-0.2, 0) is 0 Å². The van der Waals surface area contributed by atoms with Crippen molar-refractivity contribution < 1.29 is 38.5 Å². The van der Waals surface area contributed by atoms with Crippen LogP contribution in [0.25, 0.3) is 11.1 Å². The van der Waals surface area contributed by atoms with Gasteiger partial charge >= 0.3 is 0 Å². The SMILES string of the molecule is O=C(c1cc(F)cc(O[C@@H]2CC[NH2+]C2)c1)N1CCN(C(=O)c2ccc(O[C@H]3CC[NH2+]C3)c(-c3ccc(F)cc3)c2)CC1. The monoisotopic (exact) mass is 578 g/mol. The van der Waals surface area contributed by atoms with E-state index in [1.54, 1.807) is 40.1 Å². The van der Waals surface area contributed by atoms with E-state index in [1.807, 2.05) is 6.07 Å². The van der Waals surface area contributed by atoms with E-state index in [0.717, 1.165) is 50.1 Å². The Morgan fingerprint density at radius 3 is 1.93 bits per heavy atom. The number of carbonyl (C=O) groups excluding carboxylic acids is 2. The third-order valence-corrected chi connectivity index (χ3v) is 8.20. The van der Waals surface area contributed by atoms with Gasteiger partial charge in [0.05, 0.1) is 13.1 Å². The molecule has 3 aliphatic heterocycles. The summed E-state index contributed by atoms with van der Waals surface area (Å²) in [6.45, 7) is 5.03. The van der Waals surface area contributed by atoms with Gasteiger partial charge in [0.15, 0.2) is 12.2 Å². The molecule has 2 atom stereocenters. The molecule has 3 saturated heterocycles. The highest BCUT2D eigenvalue weighted by Crippen LogP contribution is 2.33. The Morgan fingerprint density at radius 2 is 1.31 bits per heavy atom. The van der Waals surface area contributed by atoms with Crippen molar-refractivity contribution >= 4 is 11.8 Å². The molecule has 4 N–H and O–H groups in total. The van der Waals surface area contributed by atoms with Crippen molar-refractivity contribution in [3.8, 4) is 22.6 Å². The number of nitrogens with zero attached hydrogens (tertiary/aromatic N) is 2. The summed E-state index contributed by atoms with van der Waals surface area (Å²) in [6, 6.07) is 15.7. The number of carbonyl (C=O) groups is 2. The molecular formula is C32H36F2N4O4+2. The van der Waals surface area contributed by atoms with Crippen LogP contribution in [0.3, 0.4) is 0 Å². The molecular weight excluding hydrogens is 542 g/mol. The number of rotatable bonds is 7. The maximum absolute atomic E-state index is 14.4. The predicted molar refractivity (Wildman–Crippen MR) is 151 cm³/mol. The van der Waals surface area contributed by atoms with Crippen LogP contribution in [0.2, 0.25) is 0 Å². The number of amides is 2. The van der Waals surface area contributed by atoms with Crippen molar-refractivity contribution in [1.29, 1.82) is 0 Å². The zero-order valence-corrected chi connectivity index (χ0v) is 23.4. The van der Waals surface area contributed by atoms with Gasteiger partial charge in [0, 0.05) is 61.8 Å². The molecule has 3 aliphatic rings. The lowest BCUT2D eigenvalue weighted by Crippen LogP contribution is -2.81. The third-order valence-electron chi connectivity index (χ3n) is 8.20. The summed E-state index contributed by atoms with van der Waals surface area (Å²) in [5, 5.41) is 4.36. The minimum absolute atomic E-state index is 0.00900. The molecule has 42 heavy (non-hydrogen) atoms. The van der Waals surface area contributed by atoms with Crippen molar-refractivity contribution in [3.63, 3.8) is 0 Å². The predicted octanol–water partition coefficient (Wildman–Crippen LogP) is 1.66. The maximum atomic E-state index is 14.4. The second-order valence-electron chi connectivity index (χ2n) is 11.2. The number of hydrogen-bond acceptors (Lipinski definition) is 4. The molecule has 10 heteroatoms. The highest BCUT2D eigenvalue weighted by Gasteiger charge is 2.28. The Morgan fingerprint density at radius 1 is 0.690 bits per heavy atom. The maximum Gasteiger partial charge on any atom is 0.254 e. The van der Waals surface area contributed by atoms with Gasteiger partial charge in [-0.2, -0.15) is 0 Å². The molecule has 0 aromatic heterocycles. The summed E-state index contributed by atoms with van der Waals surface area (Å²) in [5.74, 6) is -0.251. The summed E-state index contributed by atoms with van der Waals surface area (Å²) < 4.78 is 40.2. The molecule has 6 rings (SSSR count). The van der Waals surface area contributed by atoms with Gasteiger partial charge in [-0.15, -0.1) is 0 Å². The Bertz CT molecular complexity index is 1430. The van der Waals surface area contributed by atoms with E-state index in [2.05, 4.69) is 10.6 Å². The number of benzene rings is 3. The molecule has 3 heterocycles. The number of hydrogen-bond donors (Lipinski definition) is 2. The number of piperazine rings is 1. The lowest BCUT2D eigenvalue weighted by atomic mass is 10.0. The van der Waals surface area contributed by atoms with Crippen LogP contribution in [0.5, 0.6) is 11.5 Å². The van der Waals surface area contributed by atoms with Gasteiger partial charge in [-0.05, 0) is 48.0 Å². The third kappa shape index (κ3) is 6.39. The van der Waals surface area contributed by atoms with Crippen LogP contribution < -0.4 is 20.1 Å². The Hall–Kier alpha value is -4.02. The molecule has 0 bridgehead atoms. The normalized spacial score (nSPS) is 20.5. The van der Waals surface area contributed by atoms with E-state index in [0.29, 0.717) is 43.2 Å². The summed E-state index contributed by atoms with van der Waals surface area (Å²) in [7, 11) is 0. The fraction of sp³-hybridized carbons (Fsp3) is 0.375. The largest absolute Gasteiger partial charge is 0.484 e. The molecule has 8 nitrogen and oxygen atoms in total. The fourth-order valence-corrected chi connectivity index (χ4v) is 5.89. The molecule has 3 aromatic rings. The van der Waals surface area contributed by atoms with Gasteiger partial charge in [-0.25, -0.2) is 8.78 Å². The summed E-state index contributed by atoms with van der Waals surface area (Å²) in [6.07, 6.45) is 1.92. The van der Waals surface area contributed by atoms with Crippen LogP contribution in [0.4, 0.5) is 8.78 Å². The van der Waals surface area contributed by atoms with Crippen LogP contribution >= 0.6 is 0 Å². The summed E-state index contributed by atoms with van der Waals surface area (Å²) in [4.78, 5) is 30.1. The number of quaternary nitrogens is 2. The zero-order chi connectivity index (χ0) is 29.1. The molecule has 0 radical (unpaired) electrons. The van der Waals surface area contributed by atoms with Crippen LogP contribution in [0, 0.1) is 11.6 Å². The highest BCUT2D eigenvalue weighted by molar-refractivity contribution is 5.97. The smallest absolute Gasteiger partial charge is 0.254 e. The minimum atomic E-state index is -0.512. The zero-order valence-electron chi connectivity index (χ0n) is 23.4. The second kappa shape index (κ2) is 12.5. The van der Waals surface area contributed by atoms with Crippen LogP contribution in [0.15, 0.2) is 60.7 Å². The highest BCUT2D eigenvalue weighted by atomic mass is 19.1. The Labute approximate surface area is 243 Å². The number of halogens is 2. The van der Waals surface area contributed by atoms with E-state index >= 15 is 0 Å². The first-order valence-electron chi connectivity index (χ1n) is 14.7. The molecule has 220 valence electrons. The van der Waals surface area contributed by atoms with Gasteiger partial charge in [0.1, 0.15) is 36.2 Å². The van der Waals surface area contributed by atoms with E-state index < -0.39 is 5.82 Å². The molecule has 0 aliphatic carbocycles. The molecule has 0 unspecified atom stereocenters. The standard InChI is InChI=1S/C32H34F2N4O4/c33-24-4-1-21(2-5-24)29-17-22(3-6-30(29)42-27-8-10-36-20-27)31(39)37-11-13-38(14-12-37)32(40)23-15-25(34)18-28(16-23)41-26-7-9-35-19-26/h1-6,15-18,26-27,35-36H,7-14,19-20H2/p+2/t26-,27+/m1/s1.